The SMILES string of the molecule is CCn1c(=O)[nH]c(=O)n1C(C)C. The second-order valence-corrected chi connectivity index (χ2v) is 2.89. The minimum Gasteiger partial charge on any atom is -0.257 e. The highest BCUT2D eigenvalue weighted by atomic mass is 16.2. The summed E-state index contributed by atoms with van der Waals surface area (Å²) >= 11 is 0. The van der Waals surface area contributed by atoms with Gasteiger partial charge in [-0.1, -0.05) is 0 Å². The summed E-state index contributed by atoms with van der Waals surface area (Å²) in [6.45, 7) is 6.06. The van der Waals surface area contributed by atoms with E-state index in [9.17, 15) is 9.59 Å². The zero-order valence-corrected chi connectivity index (χ0v) is 7.50. The van der Waals surface area contributed by atoms with Gasteiger partial charge in [-0.2, -0.15) is 0 Å². The van der Waals surface area contributed by atoms with Crippen molar-refractivity contribution in [2.24, 2.45) is 0 Å². The first kappa shape index (κ1) is 8.83. The number of aromatic nitrogens is 3. The van der Waals surface area contributed by atoms with Gasteiger partial charge in [-0.25, -0.2) is 19.0 Å². The van der Waals surface area contributed by atoms with Gasteiger partial charge < -0.3 is 0 Å². The molecule has 0 saturated carbocycles. The molecule has 0 bridgehead atoms. The highest BCUT2D eigenvalue weighted by molar-refractivity contribution is 4.70. The van der Waals surface area contributed by atoms with Gasteiger partial charge in [0.15, 0.2) is 0 Å². The summed E-state index contributed by atoms with van der Waals surface area (Å²) in [6, 6.07) is 0.0106. The molecule has 0 fully saturated rings. The molecule has 0 radical (unpaired) electrons. The van der Waals surface area contributed by atoms with Crippen LogP contribution in [0.1, 0.15) is 26.8 Å². The fourth-order valence-corrected chi connectivity index (χ4v) is 1.23. The standard InChI is InChI=1S/C7H13N3O2/c1-4-9-6(11)8-7(12)10(9)5(2)3/h5H,4H2,1-3H3,(H,8,11,12). The number of hydrogen-bond donors (Lipinski definition) is 1. The molecule has 0 spiro atoms. The molecular formula is C7H13N3O2. The van der Waals surface area contributed by atoms with Crippen LogP contribution in [-0.2, 0) is 6.54 Å². The first-order valence-electron chi connectivity index (χ1n) is 3.99. The fourth-order valence-electron chi connectivity index (χ4n) is 1.23. The summed E-state index contributed by atoms with van der Waals surface area (Å²) in [4.78, 5) is 24.5. The molecule has 1 aromatic heterocycles. The average molecular weight is 171 g/mol. The van der Waals surface area contributed by atoms with Crippen LogP contribution in [0.5, 0.6) is 0 Å². The molecule has 0 saturated heterocycles. The maximum atomic E-state index is 11.1. The average Bonchev–Trinajstić information content (AvgIpc) is 2.24. The normalized spacial score (nSPS) is 11.0. The Hall–Kier alpha value is -1.26. The molecule has 5 heteroatoms. The van der Waals surface area contributed by atoms with E-state index in [1.165, 1.54) is 9.36 Å². The Labute approximate surface area is 69.6 Å². The quantitative estimate of drug-likeness (QED) is 0.677. The fraction of sp³-hybridized carbons (Fsp3) is 0.714. The van der Waals surface area contributed by atoms with E-state index in [0.29, 0.717) is 6.54 Å². The molecular weight excluding hydrogens is 158 g/mol. The van der Waals surface area contributed by atoms with Crippen molar-refractivity contribution in [2.75, 3.05) is 0 Å². The Morgan fingerprint density at radius 2 is 1.92 bits per heavy atom. The highest BCUT2D eigenvalue weighted by Crippen LogP contribution is 1.95. The highest BCUT2D eigenvalue weighted by Gasteiger charge is 2.09. The molecule has 0 atom stereocenters. The van der Waals surface area contributed by atoms with Crippen molar-refractivity contribution in [3.63, 3.8) is 0 Å². The molecule has 0 aromatic carbocycles. The lowest BCUT2D eigenvalue weighted by atomic mass is 10.4. The number of H-pyrrole nitrogens is 1. The zero-order chi connectivity index (χ0) is 9.30. The summed E-state index contributed by atoms with van der Waals surface area (Å²) in [5.74, 6) is 0. The summed E-state index contributed by atoms with van der Waals surface area (Å²) in [6.07, 6.45) is 0. The van der Waals surface area contributed by atoms with Crippen LogP contribution in [0.2, 0.25) is 0 Å². The van der Waals surface area contributed by atoms with Crippen LogP contribution < -0.4 is 11.4 Å². The summed E-state index contributed by atoms with van der Waals surface area (Å²) < 4.78 is 2.81. The van der Waals surface area contributed by atoms with Crippen molar-refractivity contribution in [1.29, 1.82) is 0 Å². The van der Waals surface area contributed by atoms with E-state index in [4.69, 9.17) is 0 Å². The molecule has 0 aliphatic heterocycles. The van der Waals surface area contributed by atoms with E-state index in [2.05, 4.69) is 4.98 Å². The van der Waals surface area contributed by atoms with Gasteiger partial charge in [0.05, 0.1) is 0 Å². The van der Waals surface area contributed by atoms with Crippen molar-refractivity contribution in [3.05, 3.63) is 21.0 Å². The van der Waals surface area contributed by atoms with Crippen LogP contribution in [0.25, 0.3) is 0 Å². The van der Waals surface area contributed by atoms with E-state index in [1.807, 2.05) is 20.8 Å². The van der Waals surface area contributed by atoms with Gasteiger partial charge in [0.25, 0.3) is 0 Å². The Morgan fingerprint density at radius 1 is 1.33 bits per heavy atom. The molecule has 1 rings (SSSR count). The molecule has 1 heterocycles. The second kappa shape index (κ2) is 3.00. The molecule has 68 valence electrons. The van der Waals surface area contributed by atoms with Crippen molar-refractivity contribution >= 4 is 0 Å². The van der Waals surface area contributed by atoms with Gasteiger partial charge in [0.1, 0.15) is 0 Å². The van der Waals surface area contributed by atoms with Gasteiger partial charge in [-0.3, -0.25) is 4.98 Å². The molecule has 0 aliphatic carbocycles. The lowest BCUT2D eigenvalue weighted by Gasteiger charge is -2.09. The van der Waals surface area contributed by atoms with Gasteiger partial charge in [-0.05, 0) is 20.8 Å². The second-order valence-electron chi connectivity index (χ2n) is 2.89. The van der Waals surface area contributed by atoms with Crippen LogP contribution in [0.3, 0.4) is 0 Å². The van der Waals surface area contributed by atoms with Crippen LogP contribution in [0, 0.1) is 0 Å². The Morgan fingerprint density at radius 3 is 2.25 bits per heavy atom. The Kier molecular flexibility index (Phi) is 2.21. The topological polar surface area (TPSA) is 59.8 Å². The van der Waals surface area contributed by atoms with E-state index in [0.717, 1.165) is 0 Å². The molecule has 1 N–H and O–H groups in total. The lowest BCUT2D eigenvalue weighted by Crippen LogP contribution is -2.27. The van der Waals surface area contributed by atoms with Crippen LogP contribution in [0.4, 0.5) is 0 Å². The monoisotopic (exact) mass is 171 g/mol. The third-order valence-corrected chi connectivity index (χ3v) is 1.71. The maximum Gasteiger partial charge on any atom is 0.344 e. The largest absolute Gasteiger partial charge is 0.344 e. The molecule has 0 amide bonds. The minimum atomic E-state index is -0.337. The lowest BCUT2D eigenvalue weighted by molar-refractivity contribution is 0.402. The van der Waals surface area contributed by atoms with E-state index < -0.39 is 0 Å². The van der Waals surface area contributed by atoms with Crippen LogP contribution in [0.15, 0.2) is 9.59 Å². The maximum absolute atomic E-state index is 11.1. The summed E-state index contributed by atoms with van der Waals surface area (Å²) in [5.41, 5.74) is -0.673. The predicted octanol–water partition coefficient (Wildman–Crippen LogP) is -0.0611. The summed E-state index contributed by atoms with van der Waals surface area (Å²) in [7, 11) is 0. The van der Waals surface area contributed by atoms with Crippen LogP contribution in [-0.4, -0.2) is 14.3 Å². The molecule has 0 unspecified atom stereocenters. The van der Waals surface area contributed by atoms with Crippen molar-refractivity contribution < 1.29 is 0 Å². The molecule has 12 heavy (non-hydrogen) atoms. The van der Waals surface area contributed by atoms with Gasteiger partial charge in [-0.15, -0.1) is 0 Å². The van der Waals surface area contributed by atoms with Crippen LogP contribution >= 0.6 is 0 Å². The smallest absolute Gasteiger partial charge is 0.257 e. The van der Waals surface area contributed by atoms with E-state index >= 15 is 0 Å². The van der Waals surface area contributed by atoms with Gasteiger partial charge >= 0.3 is 11.4 Å². The Bertz CT molecular complexity index is 369. The predicted molar refractivity (Wildman–Crippen MR) is 45.4 cm³/mol. The van der Waals surface area contributed by atoms with Crippen molar-refractivity contribution in [1.82, 2.24) is 14.3 Å². The molecule has 1 aromatic rings. The van der Waals surface area contributed by atoms with Gasteiger partial charge in [0, 0.05) is 12.6 Å². The number of nitrogens with one attached hydrogen (secondary N) is 1. The third-order valence-electron chi connectivity index (χ3n) is 1.71. The number of aromatic amines is 1. The van der Waals surface area contributed by atoms with Gasteiger partial charge in [0.2, 0.25) is 0 Å². The van der Waals surface area contributed by atoms with Crippen molar-refractivity contribution in [2.45, 2.75) is 33.4 Å². The van der Waals surface area contributed by atoms with Crippen molar-refractivity contribution in [3.8, 4) is 0 Å². The number of rotatable bonds is 2. The first-order chi connectivity index (χ1) is 5.57. The van der Waals surface area contributed by atoms with E-state index in [1.54, 1.807) is 0 Å². The Balaban J connectivity index is 3.43. The third kappa shape index (κ3) is 1.22. The number of nitrogens with zero attached hydrogens (tertiary/aromatic N) is 2. The first-order valence-corrected chi connectivity index (χ1v) is 3.99. The summed E-state index contributed by atoms with van der Waals surface area (Å²) in [5, 5.41) is 0. The van der Waals surface area contributed by atoms with E-state index in [-0.39, 0.29) is 17.4 Å². The molecule has 0 aliphatic rings. The zero-order valence-electron chi connectivity index (χ0n) is 7.50. The minimum absolute atomic E-state index is 0.0106. The number of hydrogen-bond acceptors (Lipinski definition) is 2. The molecule has 5 nitrogen and oxygen atoms in total.